The molecule has 0 unspecified atom stereocenters. The number of ether oxygens (including phenoxy) is 1. The van der Waals surface area contributed by atoms with Crippen LogP contribution in [0, 0.1) is 0 Å². The third kappa shape index (κ3) is 7.26. The summed E-state index contributed by atoms with van der Waals surface area (Å²) in [5.41, 5.74) is 1.69. The summed E-state index contributed by atoms with van der Waals surface area (Å²) in [6.45, 7) is 19.9. The molecule has 2 aromatic carbocycles. The molecule has 198 valence electrons. The molecule has 0 aliphatic rings. The average molecular weight is 523 g/mol. The molecule has 2 N–H and O–H groups in total. The Bertz CT molecular complexity index is 1400. The molecule has 37 heavy (non-hydrogen) atoms. The molecule has 7 nitrogen and oxygen atoms in total. The Hall–Kier alpha value is -3.52. The van der Waals surface area contributed by atoms with E-state index in [4.69, 9.17) is 4.74 Å². The van der Waals surface area contributed by atoms with Crippen LogP contribution in [-0.4, -0.2) is 35.8 Å². The first-order chi connectivity index (χ1) is 17.3. The third-order valence-corrected chi connectivity index (χ3v) is 7.32. The molecule has 0 saturated heterocycles. The van der Waals surface area contributed by atoms with Gasteiger partial charge in [-0.3, -0.25) is 0 Å². The first kappa shape index (κ1) is 28.1. The number of para-hydroxylation sites is 1. The summed E-state index contributed by atoms with van der Waals surface area (Å²) in [5, 5.41) is 7.41. The van der Waals surface area contributed by atoms with Crippen molar-refractivity contribution in [1.82, 2.24) is 14.6 Å². The van der Waals surface area contributed by atoms with Crippen LogP contribution >= 0.6 is 0 Å². The molecule has 1 heterocycles. The maximum absolute atomic E-state index is 13.4. The van der Waals surface area contributed by atoms with Crippen LogP contribution in [0.4, 0.5) is 0 Å². The molecule has 0 bridgehead atoms. The van der Waals surface area contributed by atoms with Crippen molar-refractivity contribution in [3.63, 3.8) is 0 Å². The van der Waals surface area contributed by atoms with Gasteiger partial charge in [-0.15, -0.1) is 0 Å². The molecule has 0 fully saturated rings. The monoisotopic (exact) mass is 522 g/mol. The Morgan fingerprint density at radius 3 is 2.24 bits per heavy atom. The Balaban J connectivity index is 1.76. The van der Waals surface area contributed by atoms with E-state index in [9.17, 15) is 8.42 Å². The fourth-order valence-electron chi connectivity index (χ4n) is 4.24. The van der Waals surface area contributed by atoms with Crippen molar-refractivity contribution in [3.05, 3.63) is 91.2 Å². The number of fused-ring (bicyclic) bond motifs is 1. The first-order valence-electron chi connectivity index (χ1n) is 12.3. The molecule has 0 aliphatic carbocycles. The summed E-state index contributed by atoms with van der Waals surface area (Å²) in [6, 6.07) is 16.0. The normalized spacial score (nSPS) is 14.2. The van der Waals surface area contributed by atoms with Crippen LogP contribution < -0.4 is 10.6 Å². The van der Waals surface area contributed by atoms with E-state index in [0.717, 1.165) is 17.4 Å². The van der Waals surface area contributed by atoms with Crippen LogP contribution in [0.2, 0.25) is 0 Å². The molecule has 0 saturated carbocycles. The van der Waals surface area contributed by atoms with E-state index in [0.29, 0.717) is 22.9 Å². The molecule has 1 aromatic heterocycles. The fraction of sp³-hybridized carbons (Fsp3) is 0.345. The van der Waals surface area contributed by atoms with Gasteiger partial charge in [-0.2, -0.15) is 0 Å². The lowest BCUT2D eigenvalue weighted by atomic mass is 10.1. The van der Waals surface area contributed by atoms with Crippen molar-refractivity contribution in [2.75, 3.05) is 0 Å². The zero-order valence-electron chi connectivity index (χ0n) is 22.6. The smallest absolute Gasteiger partial charge is 0.268 e. The predicted octanol–water partition coefficient (Wildman–Crippen LogP) is 5.79. The Labute approximate surface area is 221 Å². The molecule has 8 heteroatoms. The minimum atomic E-state index is -3.76. The fourth-order valence-corrected chi connectivity index (χ4v) is 5.64. The molecule has 3 rings (SSSR count). The molecule has 3 aromatic rings. The van der Waals surface area contributed by atoms with Gasteiger partial charge in [0.2, 0.25) is 0 Å². The van der Waals surface area contributed by atoms with Gasteiger partial charge >= 0.3 is 0 Å². The number of hydrogen-bond acceptors (Lipinski definition) is 6. The lowest BCUT2D eigenvalue weighted by Gasteiger charge is -2.27. The quantitative estimate of drug-likeness (QED) is 0.246. The topological polar surface area (TPSA) is 84.7 Å². The predicted molar refractivity (Wildman–Crippen MR) is 152 cm³/mol. The highest BCUT2D eigenvalue weighted by Gasteiger charge is 2.22. The highest BCUT2D eigenvalue weighted by molar-refractivity contribution is 7.90. The average Bonchev–Trinajstić information content (AvgIpc) is 3.18. The number of hydrogen-bond donors (Lipinski definition) is 2. The Morgan fingerprint density at radius 1 is 1.00 bits per heavy atom. The third-order valence-electron chi connectivity index (χ3n) is 5.63. The van der Waals surface area contributed by atoms with Crippen molar-refractivity contribution >= 4 is 26.6 Å². The molecule has 0 spiro atoms. The molecular formula is C29H38N4O3S. The van der Waals surface area contributed by atoms with Gasteiger partial charge in [-0.25, -0.2) is 17.4 Å². The lowest BCUT2D eigenvalue weighted by molar-refractivity contribution is 0.0384. The second-order valence-electron chi connectivity index (χ2n) is 10.3. The SMILES string of the molecule is C=C(/N=C(\C)c1cn(S(=O)(=O)c2ccccc2)c2ccccc12)N[C@H](C)C[C@H](C)NC(=C)OC(C)(C)C. The van der Waals surface area contributed by atoms with Crippen LogP contribution in [0.3, 0.4) is 0 Å². The van der Waals surface area contributed by atoms with E-state index >= 15 is 0 Å². The maximum Gasteiger partial charge on any atom is 0.268 e. The minimum Gasteiger partial charge on any atom is -0.474 e. The van der Waals surface area contributed by atoms with E-state index in [1.807, 2.05) is 45.9 Å². The lowest BCUT2D eigenvalue weighted by Crippen LogP contribution is -2.36. The zero-order valence-corrected chi connectivity index (χ0v) is 23.4. The second-order valence-corrected chi connectivity index (χ2v) is 12.1. The largest absolute Gasteiger partial charge is 0.474 e. The first-order valence-corrected chi connectivity index (χ1v) is 13.8. The Kier molecular flexibility index (Phi) is 8.53. The molecule has 0 amide bonds. The van der Waals surface area contributed by atoms with Crippen molar-refractivity contribution < 1.29 is 13.2 Å². The molecule has 0 aliphatic heterocycles. The van der Waals surface area contributed by atoms with E-state index in [1.54, 1.807) is 42.6 Å². The van der Waals surface area contributed by atoms with Gasteiger partial charge in [0.25, 0.3) is 10.0 Å². The minimum absolute atomic E-state index is 0.0776. The number of rotatable bonds is 11. The van der Waals surface area contributed by atoms with Crippen molar-refractivity contribution in [2.45, 2.75) is 70.5 Å². The highest BCUT2D eigenvalue weighted by Crippen LogP contribution is 2.27. The molecule has 2 atom stereocenters. The van der Waals surface area contributed by atoms with Crippen molar-refractivity contribution in [3.8, 4) is 0 Å². The highest BCUT2D eigenvalue weighted by atomic mass is 32.2. The van der Waals surface area contributed by atoms with Gasteiger partial charge in [0.15, 0.2) is 5.88 Å². The van der Waals surface area contributed by atoms with E-state index in [1.165, 1.54) is 3.97 Å². The van der Waals surface area contributed by atoms with Gasteiger partial charge in [0, 0.05) is 34.9 Å². The number of benzene rings is 2. The summed E-state index contributed by atoms with van der Waals surface area (Å²) in [5.74, 6) is 1.05. The van der Waals surface area contributed by atoms with Crippen molar-refractivity contribution in [1.29, 1.82) is 0 Å². The van der Waals surface area contributed by atoms with Crippen LogP contribution in [-0.2, 0) is 14.8 Å². The van der Waals surface area contributed by atoms with Gasteiger partial charge in [-0.05, 0) is 72.7 Å². The molecule has 0 radical (unpaired) electrons. The number of aromatic nitrogens is 1. The summed E-state index contributed by atoms with van der Waals surface area (Å²) in [4.78, 5) is 4.89. The Morgan fingerprint density at radius 2 is 1.59 bits per heavy atom. The number of nitrogens with one attached hydrogen (secondary N) is 2. The van der Waals surface area contributed by atoms with Gasteiger partial charge in [0.1, 0.15) is 11.4 Å². The van der Waals surface area contributed by atoms with E-state index in [2.05, 4.69) is 42.6 Å². The van der Waals surface area contributed by atoms with E-state index in [-0.39, 0.29) is 22.6 Å². The van der Waals surface area contributed by atoms with Crippen LogP contribution in [0.5, 0.6) is 0 Å². The van der Waals surface area contributed by atoms with Crippen LogP contribution in [0.1, 0.15) is 53.5 Å². The zero-order chi connectivity index (χ0) is 27.4. The van der Waals surface area contributed by atoms with Crippen molar-refractivity contribution in [2.24, 2.45) is 4.99 Å². The standard InChI is InChI=1S/C29H38N4O3S/c1-20(18-21(2)31-24(5)36-29(6,7)8)30-23(4)32-22(3)27-19-33(28-17-13-12-16-26(27)28)37(34,35)25-14-10-9-11-15-25/h9-17,19-21,30-31H,4-5,18H2,1-3,6-8H3/b32-22+/t20-,21+/m1/s1. The van der Waals surface area contributed by atoms with Gasteiger partial charge in [-0.1, -0.05) is 43.0 Å². The number of nitrogens with zero attached hydrogens (tertiary/aromatic N) is 2. The summed E-state index contributed by atoms with van der Waals surface area (Å²) in [7, 11) is -3.76. The summed E-state index contributed by atoms with van der Waals surface area (Å²) >= 11 is 0. The molecular weight excluding hydrogens is 484 g/mol. The summed E-state index contributed by atoms with van der Waals surface area (Å²) < 4.78 is 33.8. The second kappa shape index (κ2) is 11.3. The van der Waals surface area contributed by atoms with Gasteiger partial charge < -0.3 is 15.4 Å². The van der Waals surface area contributed by atoms with Crippen LogP contribution in [0.25, 0.3) is 10.9 Å². The summed E-state index contributed by atoms with van der Waals surface area (Å²) in [6.07, 6.45) is 2.42. The van der Waals surface area contributed by atoms with Crippen LogP contribution in [0.15, 0.2) is 95.5 Å². The van der Waals surface area contributed by atoms with E-state index < -0.39 is 10.0 Å². The maximum atomic E-state index is 13.4. The van der Waals surface area contributed by atoms with Gasteiger partial charge in [0.05, 0.1) is 10.4 Å². The number of aliphatic imine (C=N–C) groups is 1.